The molecule has 7 heteroatoms. The number of furan rings is 1. The summed E-state index contributed by atoms with van der Waals surface area (Å²) in [5.41, 5.74) is 1.84. The van der Waals surface area contributed by atoms with Crippen molar-refractivity contribution in [3.05, 3.63) is 52.4 Å². The first-order valence-electron chi connectivity index (χ1n) is 8.19. The van der Waals surface area contributed by atoms with Gasteiger partial charge in [0.2, 0.25) is 5.91 Å². The Balaban J connectivity index is 1.81. The van der Waals surface area contributed by atoms with Gasteiger partial charge in [0.15, 0.2) is 5.96 Å². The van der Waals surface area contributed by atoms with Gasteiger partial charge < -0.3 is 20.4 Å². The Labute approximate surface area is 156 Å². The number of aryl methyl sites for hydroxylation is 1. The fourth-order valence-corrected chi connectivity index (χ4v) is 2.50. The van der Waals surface area contributed by atoms with Gasteiger partial charge in [-0.05, 0) is 43.7 Å². The number of amides is 1. The quantitative estimate of drug-likeness (QED) is 0.486. The Hall–Kier alpha value is -2.28. The van der Waals surface area contributed by atoms with Crippen molar-refractivity contribution in [3.8, 4) is 0 Å². The first-order chi connectivity index (χ1) is 12.1. The number of nitrogens with zero attached hydrogens (tertiary/aromatic N) is 1. The molecule has 0 unspecified atom stereocenters. The largest absolute Gasteiger partial charge is 0.467 e. The topological polar surface area (TPSA) is 78.7 Å². The van der Waals surface area contributed by atoms with Gasteiger partial charge in [0.05, 0.1) is 6.26 Å². The maximum Gasteiger partial charge on any atom is 0.226 e. The first kappa shape index (κ1) is 19.1. The van der Waals surface area contributed by atoms with Crippen molar-refractivity contribution in [1.82, 2.24) is 10.6 Å². The molecule has 6 nitrogen and oxygen atoms in total. The van der Waals surface area contributed by atoms with Crippen LogP contribution in [-0.2, 0) is 11.3 Å². The van der Waals surface area contributed by atoms with E-state index in [1.54, 1.807) is 6.26 Å². The van der Waals surface area contributed by atoms with Gasteiger partial charge in [-0.15, -0.1) is 0 Å². The number of nitrogens with one attached hydrogen (secondary N) is 3. The van der Waals surface area contributed by atoms with Crippen LogP contribution in [-0.4, -0.2) is 25.0 Å². The normalized spacial score (nSPS) is 11.2. The maximum absolute atomic E-state index is 12.1. The third-order valence-corrected chi connectivity index (χ3v) is 3.93. The van der Waals surface area contributed by atoms with Gasteiger partial charge in [-0.3, -0.25) is 4.79 Å². The van der Waals surface area contributed by atoms with E-state index in [9.17, 15) is 4.79 Å². The number of carbonyl (C=O) groups is 1. The Bertz CT molecular complexity index is 714. The second kappa shape index (κ2) is 9.88. The average molecular weight is 407 g/mol. The van der Waals surface area contributed by atoms with Crippen LogP contribution in [0.3, 0.4) is 0 Å². The highest BCUT2D eigenvalue weighted by atomic mass is 79.9. The zero-order valence-corrected chi connectivity index (χ0v) is 16.0. The summed E-state index contributed by atoms with van der Waals surface area (Å²) in [5.74, 6) is 1.40. The van der Waals surface area contributed by atoms with Crippen molar-refractivity contribution in [2.24, 2.45) is 4.99 Å². The molecule has 134 valence electrons. The molecule has 3 N–H and O–H groups in total. The van der Waals surface area contributed by atoms with E-state index in [1.165, 1.54) is 0 Å². The standard InChI is InChI=1S/C18H23BrN4O2/c1-3-20-18(22-12-15-5-4-10-25-15)21-9-8-17(24)23-16-11-14(19)7-6-13(16)2/h4-7,10-11H,3,8-9,12H2,1-2H3,(H,23,24)(H2,20,21,22). The summed E-state index contributed by atoms with van der Waals surface area (Å²) in [6.07, 6.45) is 1.97. The van der Waals surface area contributed by atoms with E-state index in [-0.39, 0.29) is 5.91 Å². The number of benzene rings is 1. The van der Waals surface area contributed by atoms with Gasteiger partial charge in [-0.2, -0.15) is 0 Å². The molecule has 0 saturated carbocycles. The minimum absolute atomic E-state index is 0.0458. The fourth-order valence-electron chi connectivity index (χ4n) is 2.14. The van der Waals surface area contributed by atoms with Crippen LogP contribution in [0, 0.1) is 6.92 Å². The van der Waals surface area contributed by atoms with Crippen LogP contribution in [0.5, 0.6) is 0 Å². The molecular formula is C18H23BrN4O2. The van der Waals surface area contributed by atoms with E-state index in [1.807, 2.05) is 44.2 Å². The lowest BCUT2D eigenvalue weighted by Crippen LogP contribution is -2.38. The first-order valence-corrected chi connectivity index (χ1v) is 8.98. The summed E-state index contributed by atoms with van der Waals surface area (Å²) < 4.78 is 6.20. The zero-order valence-electron chi connectivity index (χ0n) is 14.4. The molecule has 2 rings (SSSR count). The highest BCUT2D eigenvalue weighted by molar-refractivity contribution is 9.10. The van der Waals surface area contributed by atoms with Gasteiger partial charge >= 0.3 is 0 Å². The molecule has 0 aliphatic carbocycles. The molecule has 0 fully saturated rings. The number of halogens is 1. The molecule has 0 spiro atoms. The lowest BCUT2D eigenvalue weighted by Gasteiger charge is -2.12. The number of rotatable bonds is 7. The van der Waals surface area contributed by atoms with Crippen molar-refractivity contribution in [2.75, 3.05) is 18.4 Å². The number of hydrogen-bond acceptors (Lipinski definition) is 3. The molecule has 0 aliphatic rings. The summed E-state index contributed by atoms with van der Waals surface area (Å²) in [7, 11) is 0. The van der Waals surface area contributed by atoms with Crippen molar-refractivity contribution >= 4 is 33.5 Å². The van der Waals surface area contributed by atoms with Crippen molar-refractivity contribution < 1.29 is 9.21 Å². The Morgan fingerprint density at radius 3 is 2.84 bits per heavy atom. The van der Waals surface area contributed by atoms with E-state index in [0.717, 1.165) is 28.0 Å². The summed E-state index contributed by atoms with van der Waals surface area (Å²) in [6.45, 7) is 5.64. The molecule has 1 amide bonds. The summed E-state index contributed by atoms with van der Waals surface area (Å²) in [4.78, 5) is 16.5. The fraction of sp³-hybridized carbons (Fsp3) is 0.333. The number of anilines is 1. The second-order valence-electron chi connectivity index (χ2n) is 5.46. The molecule has 1 heterocycles. The van der Waals surface area contributed by atoms with Gasteiger partial charge in [0.25, 0.3) is 0 Å². The lowest BCUT2D eigenvalue weighted by molar-refractivity contribution is -0.116. The predicted octanol–water partition coefficient (Wildman–Crippen LogP) is 3.43. The van der Waals surface area contributed by atoms with Crippen LogP contribution in [0.15, 0.2) is 50.5 Å². The van der Waals surface area contributed by atoms with Gasteiger partial charge in [0.1, 0.15) is 12.3 Å². The summed E-state index contributed by atoms with van der Waals surface area (Å²) in [6, 6.07) is 9.52. The van der Waals surface area contributed by atoms with Crippen LogP contribution in [0.4, 0.5) is 5.69 Å². The van der Waals surface area contributed by atoms with E-state index in [2.05, 4.69) is 36.9 Å². The SMILES string of the molecule is CCNC(=NCc1ccco1)NCCC(=O)Nc1cc(Br)ccc1C. The number of carbonyl (C=O) groups excluding carboxylic acids is 1. The van der Waals surface area contributed by atoms with Crippen molar-refractivity contribution in [3.63, 3.8) is 0 Å². The minimum Gasteiger partial charge on any atom is -0.467 e. The van der Waals surface area contributed by atoms with E-state index >= 15 is 0 Å². The van der Waals surface area contributed by atoms with Crippen LogP contribution in [0.25, 0.3) is 0 Å². The van der Waals surface area contributed by atoms with Gasteiger partial charge in [0, 0.05) is 29.7 Å². The summed E-state index contributed by atoms with van der Waals surface area (Å²) >= 11 is 3.41. The molecule has 0 radical (unpaired) electrons. The maximum atomic E-state index is 12.1. The van der Waals surface area contributed by atoms with Crippen LogP contribution >= 0.6 is 15.9 Å². The third kappa shape index (κ3) is 6.62. The van der Waals surface area contributed by atoms with E-state index in [0.29, 0.717) is 25.5 Å². The Kier molecular flexibility index (Phi) is 7.53. The van der Waals surface area contributed by atoms with Crippen LogP contribution < -0.4 is 16.0 Å². The van der Waals surface area contributed by atoms with Crippen molar-refractivity contribution in [2.45, 2.75) is 26.8 Å². The molecule has 25 heavy (non-hydrogen) atoms. The Morgan fingerprint density at radius 1 is 1.28 bits per heavy atom. The number of hydrogen-bond donors (Lipinski definition) is 3. The Morgan fingerprint density at radius 2 is 2.12 bits per heavy atom. The van der Waals surface area contributed by atoms with E-state index < -0.39 is 0 Å². The molecule has 0 aliphatic heterocycles. The molecule has 0 saturated heterocycles. The molecule has 1 aromatic heterocycles. The third-order valence-electron chi connectivity index (χ3n) is 3.44. The second-order valence-corrected chi connectivity index (χ2v) is 6.37. The average Bonchev–Trinajstić information content (AvgIpc) is 3.09. The highest BCUT2D eigenvalue weighted by Crippen LogP contribution is 2.20. The minimum atomic E-state index is -0.0458. The highest BCUT2D eigenvalue weighted by Gasteiger charge is 2.06. The smallest absolute Gasteiger partial charge is 0.226 e. The molecule has 1 aromatic carbocycles. The summed E-state index contributed by atoms with van der Waals surface area (Å²) in [5, 5.41) is 9.22. The predicted molar refractivity (Wildman–Crippen MR) is 104 cm³/mol. The molecular weight excluding hydrogens is 384 g/mol. The van der Waals surface area contributed by atoms with Gasteiger partial charge in [-0.25, -0.2) is 4.99 Å². The molecule has 2 aromatic rings. The lowest BCUT2D eigenvalue weighted by atomic mass is 10.2. The van der Waals surface area contributed by atoms with Gasteiger partial charge in [-0.1, -0.05) is 22.0 Å². The number of aliphatic imine (C=N–C) groups is 1. The molecule has 0 atom stereocenters. The zero-order chi connectivity index (χ0) is 18.1. The van der Waals surface area contributed by atoms with Crippen molar-refractivity contribution in [1.29, 1.82) is 0 Å². The van der Waals surface area contributed by atoms with Crippen LogP contribution in [0.2, 0.25) is 0 Å². The van der Waals surface area contributed by atoms with E-state index in [4.69, 9.17) is 4.42 Å². The molecule has 0 bridgehead atoms. The number of guanidine groups is 1. The van der Waals surface area contributed by atoms with Crippen LogP contribution in [0.1, 0.15) is 24.7 Å². The monoisotopic (exact) mass is 406 g/mol.